The lowest BCUT2D eigenvalue weighted by molar-refractivity contribution is -0.142. The van der Waals surface area contributed by atoms with Gasteiger partial charge in [0.25, 0.3) is 0 Å². The van der Waals surface area contributed by atoms with Crippen molar-refractivity contribution in [3.05, 3.63) is 51.0 Å². The molecule has 0 saturated carbocycles. The van der Waals surface area contributed by atoms with Crippen molar-refractivity contribution in [2.75, 3.05) is 6.61 Å². The molecule has 4 nitrogen and oxygen atoms in total. The van der Waals surface area contributed by atoms with Gasteiger partial charge in [-0.15, -0.1) is 0 Å². The standard InChI is InChI=1S/C15H15NO3S/c1-2-19-14(17)5-3-4-11-6-8-12(9-7-11)13-10-20-15(18)16-13/h3-4,6-10H,2,5H2,1H3,(H,16,18). The van der Waals surface area contributed by atoms with E-state index >= 15 is 0 Å². The van der Waals surface area contributed by atoms with E-state index in [2.05, 4.69) is 4.98 Å². The Bertz CT molecular complexity index is 652. The Labute approximate surface area is 120 Å². The number of carbonyl (C=O) groups is 1. The Balaban J connectivity index is 2.00. The molecule has 104 valence electrons. The van der Waals surface area contributed by atoms with Gasteiger partial charge in [0.15, 0.2) is 0 Å². The van der Waals surface area contributed by atoms with E-state index in [0.29, 0.717) is 6.61 Å². The Morgan fingerprint density at radius 3 is 2.70 bits per heavy atom. The van der Waals surface area contributed by atoms with Crippen LogP contribution >= 0.6 is 11.3 Å². The summed E-state index contributed by atoms with van der Waals surface area (Å²) < 4.78 is 4.84. The van der Waals surface area contributed by atoms with Gasteiger partial charge in [-0.2, -0.15) is 0 Å². The maximum Gasteiger partial charge on any atom is 0.309 e. The second kappa shape index (κ2) is 6.86. The number of esters is 1. The fourth-order valence-corrected chi connectivity index (χ4v) is 2.30. The Morgan fingerprint density at radius 2 is 2.10 bits per heavy atom. The lowest BCUT2D eigenvalue weighted by atomic mass is 10.1. The number of carbonyl (C=O) groups excluding carboxylic acids is 1. The molecule has 0 aliphatic rings. The van der Waals surface area contributed by atoms with E-state index in [0.717, 1.165) is 28.2 Å². The number of thiazole rings is 1. The van der Waals surface area contributed by atoms with Gasteiger partial charge in [0.1, 0.15) is 0 Å². The molecule has 5 heteroatoms. The second-order valence-corrected chi connectivity index (χ2v) is 4.94. The summed E-state index contributed by atoms with van der Waals surface area (Å²) in [5.41, 5.74) is 2.78. The van der Waals surface area contributed by atoms with Crippen molar-refractivity contribution in [2.45, 2.75) is 13.3 Å². The molecule has 0 spiro atoms. The molecule has 2 rings (SSSR count). The Morgan fingerprint density at radius 1 is 1.35 bits per heavy atom. The summed E-state index contributed by atoms with van der Waals surface area (Å²) in [4.78, 5) is 25.0. The van der Waals surface area contributed by atoms with Gasteiger partial charge < -0.3 is 9.72 Å². The predicted molar refractivity (Wildman–Crippen MR) is 80.7 cm³/mol. The van der Waals surface area contributed by atoms with Crippen LogP contribution in [0.25, 0.3) is 17.3 Å². The summed E-state index contributed by atoms with van der Waals surface area (Å²) in [5, 5.41) is 1.80. The van der Waals surface area contributed by atoms with Crippen molar-refractivity contribution < 1.29 is 9.53 Å². The van der Waals surface area contributed by atoms with Crippen LogP contribution in [0.2, 0.25) is 0 Å². The number of H-pyrrole nitrogens is 1. The van der Waals surface area contributed by atoms with Gasteiger partial charge in [0, 0.05) is 5.38 Å². The zero-order valence-electron chi connectivity index (χ0n) is 11.1. The van der Waals surface area contributed by atoms with Gasteiger partial charge in [-0.1, -0.05) is 47.8 Å². The number of hydrogen-bond acceptors (Lipinski definition) is 4. The molecule has 0 aliphatic carbocycles. The van der Waals surface area contributed by atoms with E-state index in [1.807, 2.05) is 30.3 Å². The van der Waals surface area contributed by atoms with Crippen molar-refractivity contribution in [1.29, 1.82) is 0 Å². The van der Waals surface area contributed by atoms with Crippen LogP contribution in [-0.2, 0) is 9.53 Å². The first kappa shape index (κ1) is 14.3. The van der Waals surface area contributed by atoms with Gasteiger partial charge >= 0.3 is 10.8 Å². The minimum atomic E-state index is -0.226. The molecule has 1 N–H and O–H groups in total. The van der Waals surface area contributed by atoms with Gasteiger partial charge in [-0.3, -0.25) is 9.59 Å². The summed E-state index contributed by atoms with van der Waals surface area (Å²) in [6, 6.07) is 7.74. The molecule has 0 aliphatic heterocycles. The number of ether oxygens (including phenoxy) is 1. The zero-order valence-corrected chi connectivity index (χ0v) is 11.9. The highest BCUT2D eigenvalue weighted by Gasteiger charge is 2.00. The first-order chi connectivity index (χ1) is 9.69. The predicted octanol–water partition coefficient (Wildman–Crippen LogP) is 3.07. The van der Waals surface area contributed by atoms with Crippen LogP contribution in [0.5, 0.6) is 0 Å². The van der Waals surface area contributed by atoms with E-state index in [4.69, 9.17) is 4.74 Å². The van der Waals surface area contributed by atoms with Crippen LogP contribution in [0.15, 0.2) is 40.5 Å². The zero-order chi connectivity index (χ0) is 14.4. The first-order valence-corrected chi connectivity index (χ1v) is 7.17. The van der Waals surface area contributed by atoms with Gasteiger partial charge in [-0.05, 0) is 18.1 Å². The molecule has 0 bridgehead atoms. The largest absolute Gasteiger partial charge is 0.466 e. The van der Waals surface area contributed by atoms with Crippen LogP contribution in [-0.4, -0.2) is 17.6 Å². The maximum atomic E-state index is 11.2. The lowest BCUT2D eigenvalue weighted by Crippen LogP contribution is -2.01. The van der Waals surface area contributed by atoms with Crippen molar-refractivity contribution in [3.63, 3.8) is 0 Å². The molecular weight excluding hydrogens is 274 g/mol. The van der Waals surface area contributed by atoms with E-state index in [9.17, 15) is 9.59 Å². The Kier molecular flexibility index (Phi) is 4.90. The molecular formula is C15H15NO3S. The van der Waals surface area contributed by atoms with Crippen LogP contribution in [0.1, 0.15) is 18.9 Å². The van der Waals surface area contributed by atoms with Crippen molar-refractivity contribution in [2.24, 2.45) is 0 Å². The molecule has 20 heavy (non-hydrogen) atoms. The molecule has 1 aromatic heterocycles. The van der Waals surface area contributed by atoms with Crippen molar-refractivity contribution in [3.8, 4) is 11.3 Å². The van der Waals surface area contributed by atoms with E-state index in [1.165, 1.54) is 0 Å². The third-order valence-corrected chi connectivity index (χ3v) is 3.31. The smallest absolute Gasteiger partial charge is 0.309 e. The van der Waals surface area contributed by atoms with Crippen LogP contribution < -0.4 is 4.87 Å². The molecule has 0 unspecified atom stereocenters. The Hall–Kier alpha value is -2.14. The molecule has 0 radical (unpaired) electrons. The fraction of sp³-hybridized carbons (Fsp3) is 0.200. The lowest BCUT2D eigenvalue weighted by Gasteiger charge is -1.99. The van der Waals surface area contributed by atoms with E-state index < -0.39 is 0 Å². The van der Waals surface area contributed by atoms with Crippen LogP contribution in [0.3, 0.4) is 0 Å². The normalized spacial score (nSPS) is 10.8. The average Bonchev–Trinajstić information content (AvgIpc) is 2.86. The second-order valence-electron chi connectivity index (χ2n) is 4.10. The highest BCUT2D eigenvalue weighted by Crippen LogP contribution is 2.18. The van der Waals surface area contributed by atoms with Crippen LogP contribution in [0.4, 0.5) is 0 Å². The topological polar surface area (TPSA) is 59.2 Å². The molecule has 0 saturated heterocycles. The number of rotatable bonds is 5. The number of aromatic nitrogens is 1. The highest BCUT2D eigenvalue weighted by molar-refractivity contribution is 7.07. The highest BCUT2D eigenvalue weighted by atomic mass is 32.1. The first-order valence-electron chi connectivity index (χ1n) is 6.29. The summed E-state index contributed by atoms with van der Waals surface area (Å²) in [7, 11) is 0. The van der Waals surface area contributed by atoms with Crippen molar-refractivity contribution in [1.82, 2.24) is 4.98 Å². The van der Waals surface area contributed by atoms with E-state index in [-0.39, 0.29) is 17.3 Å². The summed E-state index contributed by atoms with van der Waals surface area (Å²) in [6.07, 6.45) is 3.92. The molecule has 0 amide bonds. The van der Waals surface area contributed by atoms with Gasteiger partial charge in [0.05, 0.1) is 18.7 Å². The number of aromatic amines is 1. The average molecular weight is 289 g/mol. The molecule has 2 aromatic rings. The third-order valence-electron chi connectivity index (χ3n) is 2.64. The monoisotopic (exact) mass is 289 g/mol. The number of nitrogens with one attached hydrogen (secondary N) is 1. The van der Waals surface area contributed by atoms with Gasteiger partial charge in [0.2, 0.25) is 0 Å². The van der Waals surface area contributed by atoms with E-state index in [1.54, 1.807) is 18.4 Å². The SMILES string of the molecule is CCOC(=O)CC=Cc1ccc(-c2csc(=O)[nH]2)cc1. The fourth-order valence-electron chi connectivity index (χ4n) is 1.71. The summed E-state index contributed by atoms with van der Waals surface area (Å²) in [5.74, 6) is -0.226. The number of benzene rings is 1. The summed E-state index contributed by atoms with van der Waals surface area (Å²) in [6.45, 7) is 2.19. The number of hydrogen-bond donors (Lipinski definition) is 1. The molecule has 1 heterocycles. The minimum absolute atomic E-state index is 0.0570. The third kappa shape index (κ3) is 3.93. The molecule has 1 aromatic carbocycles. The molecule has 0 atom stereocenters. The maximum absolute atomic E-state index is 11.2. The van der Waals surface area contributed by atoms with Gasteiger partial charge in [-0.25, -0.2) is 0 Å². The van der Waals surface area contributed by atoms with Crippen LogP contribution in [0, 0.1) is 0 Å². The summed E-state index contributed by atoms with van der Waals surface area (Å²) >= 11 is 1.15. The quantitative estimate of drug-likeness (QED) is 0.861. The van der Waals surface area contributed by atoms with Crippen molar-refractivity contribution >= 4 is 23.4 Å². The minimum Gasteiger partial charge on any atom is -0.466 e. The molecule has 0 fully saturated rings.